The molecule has 0 bridgehead atoms. The molecule has 0 spiro atoms. The molecule has 2 aromatic carbocycles. The quantitative estimate of drug-likeness (QED) is 0.778. The molecule has 0 fully saturated rings. The number of rotatable bonds is 7. The van der Waals surface area contributed by atoms with E-state index in [-0.39, 0.29) is 5.92 Å². The molecule has 0 aliphatic rings. The Hall–Kier alpha value is -1.74. The second kappa shape index (κ2) is 7.75. The van der Waals surface area contributed by atoms with E-state index in [1.54, 1.807) is 11.8 Å². The molecule has 0 saturated carbocycles. The smallest absolute Gasteiger partial charge is 0.306 e. The molecule has 0 saturated heterocycles. The van der Waals surface area contributed by atoms with Gasteiger partial charge in [0.05, 0.1) is 5.92 Å². The van der Waals surface area contributed by atoms with Crippen molar-refractivity contribution in [3.63, 3.8) is 0 Å². The summed E-state index contributed by atoms with van der Waals surface area (Å²) in [6.45, 7) is 0. The second-order valence-corrected chi connectivity index (χ2v) is 5.84. The summed E-state index contributed by atoms with van der Waals surface area (Å²) in [6, 6.07) is 19.9. The Morgan fingerprint density at radius 3 is 2.20 bits per heavy atom. The van der Waals surface area contributed by atoms with E-state index in [9.17, 15) is 9.90 Å². The molecule has 2 rings (SSSR count). The zero-order valence-electron chi connectivity index (χ0n) is 11.2. The van der Waals surface area contributed by atoms with Crippen LogP contribution in [0.3, 0.4) is 0 Å². The molecule has 0 heterocycles. The summed E-state index contributed by atoms with van der Waals surface area (Å²) in [6.07, 6.45) is 1.29. The number of carboxylic acid groups (broad SMARTS) is 1. The van der Waals surface area contributed by atoms with Gasteiger partial charge in [-0.1, -0.05) is 48.5 Å². The average Bonchev–Trinajstić information content (AvgIpc) is 2.48. The van der Waals surface area contributed by atoms with E-state index in [4.69, 9.17) is 0 Å². The Labute approximate surface area is 123 Å². The van der Waals surface area contributed by atoms with Gasteiger partial charge in [0, 0.05) is 4.90 Å². The van der Waals surface area contributed by atoms with Crippen molar-refractivity contribution in [2.45, 2.75) is 17.7 Å². The molecule has 0 aromatic heterocycles. The fraction of sp³-hybridized carbons (Fsp3) is 0.235. The van der Waals surface area contributed by atoms with Gasteiger partial charge < -0.3 is 5.11 Å². The van der Waals surface area contributed by atoms with Gasteiger partial charge in [-0.15, -0.1) is 11.8 Å². The average molecular weight is 286 g/mol. The maximum atomic E-state index is 11.3. The Morgan fingerprint density at radius 2 is 1.60 bits per heavy atom. The number of benzene rings is 2. The first-order chi connectivity index (χ1) is 9.75. The first-order valence-electron chi connectivity index (χ1n) is 6.70. The predicted molar refractivity (Wildman–Crippen MR) is 83.1 cm³/mol. The van der Waals surface area contributed by atoms with E-state index in [1.807, 2.05) is 48.5 Å². The van der Waals surface area contributed by atoms with Crippen LogP contribution in [0.15, 0.2) is 65.6 Å². The molecule has 104 valence electrons. The van der Waals surface area contributed by atoms with Crippen LogP contribution in [0, 0.1) is 5.92 Å². The van der Waals surface area contributed by atoms with Gasteiger partial charge in [-0.05, 0) is 36.3 Å². The third-order valence-corrected chi connectivity index (χ3v) is 4.20. The molecule has 2 aromatic rings. The largest absolute Gasteiger partial charge is 0.481 e. The first-order valence-corrected chi connectivity index (χ1v) is 7.69. The lowest BCUT2D eigenvalue weighted by atomic mass is 9.97. The van der Waals surface area contributed by atoms with E-state index in [1.165, 1.54) is 4.90 Å². The zero-order valence-corrected chi connectivity index (χ0v) is 12.1. The summed E-state index contributed by atoms with van der Waals surface area (Å²) in [5.74, 6) is -0.190. The third-order valence-electron chi connectivity index (χ3n) is 3.15. The van der Waals surface area contributed by atoms with Gasteiger partial charge in [0.15, 0.2) is 0 Å². The minimum Gasteiger partial charge on any atom is -0.481 e. The van der Waals surface area contributed by atoms with Crippen molar-refractivity contribution in [3.05, 3.63) is 66.2 Å². The molecule has 1 unspecified atom stereocenters. The van der Waals surface area contributed by atoms with Crippen molar-refractivity contribution in [2.24, 2.45) is 5.92 Å². The molecule has 2 nitrogen and oxygen atoms in total. The van der Waals surface area contributed by atoms with Crippen LogP contribution in [0.1, 0.15) is 12.0 Å². The number of aliphatic carboxylic acids is 1. The molecule has 1 atom stereocenters. The Kier molecular flexibility index (Phi) is 5.69. The van der Waals surface area contributed by atoms with Crippen LogP contribution in [0.4, 0.5) is 0 Å². The fourth-order valence-electron chi connectivity index (χ4n) is 2.05. The van der Waals surface area contributed by atoms with Crippen molar-refractivity contribution in [1.29, 1.82) is 0 Å². The van der Waals surface area contributed by atoms with E-state index in [0.717, 1.165) is 11.3 Å². The summed E-state index contributed by atoms with van der Waals surface area (Å²) >= 11 is 1.71. The van der Waals surface area contributed by atoms with Crippen LogP contribution < -0.4 is 0 Å². The summed E-state index contributed by atoms with van der Waals surface area (Å²) in [4.78, 5) is 12.5. The van der Waals surface area contributed by atoms with Crippen LogP contribution >= 0.6 is 11.8 Å². The lowest BCUT2D eigenvalue weighted by Gasteiger charge is -2.12. The lowest BCUT2D eigenvalue weighted by molar-refractivity contribution is -0.141. The number of thioether (sulfide) groups is 1. The van der Waals surface area contributed by atoms with Crippen LogP contribution in [0.25, 0.3) is 0 Å². The molecular weight excluding hydrogens is 268 g/mol. The van der Waals surface area contributed by atoms with Crippen molar-refractivity contribution < 1.29 is 9.90 Å². The van der Waals surface area contributed by atoms with Gasteiger partial charge in [0.2, 0.25) is 0 Å². The summed E-state index contributed by atoms with van der Waals surface area (Å²) in [5, 5.41) is 9.32. The molecule has 0 aliphatic carbocycles. The van der Waals surface area contributed by atoms with E-state index >= 15 is 0 Å². The SMILES string of the molecule is O=C(O)C(CCSc1ccccc1)Cc1ccccc1. The normalized spacial score (nSPS) is 12.0. The number of hydrogen-bond acceptors (Lipinski definition) is 2. The molecule has 3 heteroatoms. The van der Waals surface area contributed by atoms with Crippen molar-refractivity contribution >= 4 is 17.7 Å². The van der Waals surface area contributed by atoms with E-state index in [2.05, 4.69) is 12.1 Å². The Morgan fingerprint density at radius 1 is 1.00 bits per heavy atom. The standard InChI is InChI=1S/C17H18O2S/c18-17(19)15(13-14-7-3-1-4-8-14)11-12-20-16-9-5-2-6-10-16/h1-10,15H,11-13H2,(H,18,19). The lowest BCUT2D eigenvalue weighted by Crippen LogP contribution is -2.17. The minimum absolute atomic E-state index is 0.311. The van der Waals surface area contributed by atoms with Crippen LogP contribution in [0.5, 0.6) is 0 Å². The molecule has 0 radical (unpaired) electrons. The summed E-state index contributed by atoms with van der Waals surface area (Å²) in [5.41, 5.74) is 1.09. The highest BCUT2D eigenvalue weighted by Gasteiger charge is 2.17. The van der Waals surface area contributed by atoms with Gasteiger partial charge in [-0.3, -0.25) is 4.79 Å². The van der Waals surface area contributed by atoms with Gasteiger partial charge in [-0.2, -0.15) is 0 Å². The highest BCUT2D eigenvalue weighted by molar-refractivity contribution is 7.99. The third kappa shape index (κ3) is 4.74. The number of carboxylic acids is 1. The monoisotopic (exact) mass is 286 g/mol. The van der Waals surface area contributed by atoms with Crippen molar-refractivity contribution in [3.8, 4) is 0 Å². The van der Waals surface area contributed by atoms with Crippen LogP contribution in [-0.2, 0) is 11.2 Å². The van der Waals surface area contributed by atoms with Gasteiger partial charge in [-0.25, -0.2) is 0 Å². The van der Waals surface area contributed by atoms with Gasteiger partial charge >= 0.3 is 5.97 Å². The van der Waals surface area contributed by atoms with Crippen molar-refractivity contribution in [1.82, 2.24) is 0 Å². The summed E-state index contributed by atoms with van der Waals surface area (Å²) in [7, 11) is 0. The Balaban J connectivity index is 1.85. The molecule has 20 heavy (non-hydrogen) atoms. The zero-order chi connectivity index (χ0) is 14.2. The highest BCUT2D eigenvalue weighted by Crippen LogP contribution is 2.21. The topological polar surface area (TPSA) is 37.3 Å². The molecule has 0 aliphatic heterocycles. The first kappa shape index (κ1) is 14.7. The molecule has 1 N–H and O–H groups in total. The van der Waals surface area contributed by atoms with Crippen LogP contribution in [0.2, 0.25) is 0 Å². The number of hydrogen-bond donors (Lipinski definition) is 1. The second-order valence-electron chi connectivity index (χ2n) is 4.68. The predicted octanol–water partition coefficient (Wildman–Crippen LogP) is 4.11. The molecule has 0 amide bonds. The van der Waals surface area contributed by atoms with E-state index < -0.39 is 5.97 Å². The highest BCUT2D eigenvalue weighted by atomic mass is 32.2. The van der Waals surface area contributed by atoms with E-state index in [0.29, 0.717) is 12.8 Å². The van der Waals surface area contributed by atoms with Crippen LogP contribution in [-0.4, -0.2) is 16.8 Å². The number of carbonyl (C=O) groups is 1. The fourth-order valence-corrected chi connectivity index (χ4v) is 3.03. The minimum atomic E-state index is -0.706. The van der Waals surface area contributed by atoms with Gasteiger partial charge in [0.25, 0.3) is 0 Å². The van der Waals surface area contributed by atoms with Gasteiger partial charge in [0.1, 0.15) is 0 Å². The maximum absolute atomic E-state index is 11.3. The Bertz CT molecular complexity index is 525. The molecular formula is C17H18O2S. The maximum Gasteiger partial charge on any atom is 0.306 e. The summed E-state index contributed by atoms with van der Waals surface area (Å²) < 4.78 is 0. The van der Waals surface area contributed by atoms with Crippen molar-refractivity contribution in [2.75, 3.05) is 5.75 Å².